The number of fused-ring (bicyclic) bond motifs is 1. The number of anilines is 1. The number of rotatable bonds is 5. The van der Waals surface area contributed by atoms with E-state index < -0.39 is 11.4 Å². The highest BCUT2D eigenvalue weighted by atomic mass is 16.4. The molecule has 0 radical (unpaired) electrons. The Morgan fingerprint density at radius 1 is 1.38 bits per heavy atom. The average molecular weight is 351 g/mol. The van der Waals surface area contributed by atoms with E-state index in [4.69, 9.17) is 10.1 Å². The van der Waals surface area contributed by atoms with E-state index >= 15 is 0 Å². The van der Waals surface area contributed by atoms with Gasteiger partial charge in [0.1, 0.15) is 5.82 Å². The zero-order valence-electron chi connectivity index (χ0n) is 14.9. The highest BCUT2D eigenvalue weighted by Crippen LogP contribution is 2.46. The first kappa shape index (κ1) is 16.6. The van der Waals surface area contributed by atoms with Crippen molar-refractivity contribution in [3.8, 4) is 6.07 Å². The van der Waals surface area contributed by atoms with Crippen LogP contribution in [0.5, 0.6) is 0 Å². The lowest BCUT2D eigenvalue weighted by atomic mass is 9.87. The quantitative estimate of drug-likeness (QED) is 0.888. The van der Waals surface area contributed by atoms with Crippen molar-refractivity contribution in [3.63, 3.8) is 0 Å². The number of aromatic carboxylic acids is 1. The molecule has 2 fully saturated rings. The number of hydrogen-bond acceptors (Lipinski definition) is 5. The van der Waals surface area contributed by atoms with E-state index in [0.29, 0.717) is 6.54 Å². The lowest BCUT2D eigenvalue weighted by molar-refractivity contribution is 0.0697. The average Bonchev–Trinajstić information content (AvgIpc) is 3.01. The first-order chi connectivity index (χ1) is 12.4. The summed E-state index contributed by atoms with van der Waals surface area (Å²) in [6.45, 7) is 6.19. The largest absolute Gasteiger partial charge is 0.478 e. The summed E-state index contributed by atoms with van der Waals surface area (Å²) in [6.07, 6.45) is 4.15. The Bertz CT molecular complexity index is 901. The Morgan fingerprint density at radius 2 is 2.12 bits per heavy atom. The molecule has 1 saturated carbocycles. The molecular formula is C19H21N5O2. The molecule has 7 nitrogen and oxygen atoms in total. The van der Waals surface area contributed by atoms with E-state index in [1.54, 1.807) is 4.68 Å². The maximum Gasteiger partial charge on any atom is 0.338 e. The van der Waals surface area contributed by atoms with E-state index in [-0.39, 0.29) is 5.56 Å². The molecule has 1 N–H and O–H groups in total. The van der Waals surface area contributed by atoms with Crippen molar-refractivity contribution in [2.24, 2.45) is 11.8 Å². The lowest BCUT2D eigenvalue weighted by Gasteiger charge is -2.24. The normalized spacial score (nSPS) is 21.3. The molecule has 2 atom stereocenters. The number of hydrogen-bond donors (Lipinski definition) is 1. The van der Waals surface area contributed by atoms with Crippen LogP contribution in [0.4, 0.5) is 5.82 Å². The summed E-state index contributed by atoms with van der Waals surface area (Å²) in [7, 11) is 0. The fourth-order valence-electron chi connectivity index (χ4n) is 3.70. The second kappa shape index (κ2) is 5.84. The minimum atomic E-state index is -1.00. The molecule has 4 rings (SSSR count). The predicted molar refractivity (Wildman–Crippen MR) is 95.0 cm³/mol. The Balaban J connectivity index is 1.66. The van der Waals surface area contributed by atoms with Crippen LogP contribution in [-0.2, 0) is 12.0 Å². The fraction of sp³-hybridized carbons (Fsp3) is 0.474. The second-order valence-corrected chi connectivity index (χ2v) is 7.81. The topological polar surface area (TPSA) is 95.0 Å². The number of carbonyl (C=O) groups is 1. The van der Waals surface area contributed by atoms with Crippen molar-refractivity contribution < 1.29 is 9.90 Å². The molecule has 2 unspecified atom stereocenters. The molecule has 1 aliphatic carbocycles. The number of carboxylic acid groups (broad SMARTS) is 1. The molecule has 2 aromatic heterocycles. The van der Waals surface area contributed by atoms with Gasteiger partial charge in [0, 0.05) is 19.3 Å². The van der Waals surface area contributed by atoms with Crippen LogP contribution in [0.3, 0.4) is 0 Å². The van der Waals surface area contributed by atoms with Gasteiger partial charge in [0.2, 0.25) is 0 Å². The van der Waals surface area contributed by atoms with E-state index in [9.17, 15) is 10.1 Å². The number of nitrogens with zero attached hydrogens (tertiary/aromatic N) is 5. The zero-order valence-corrected chi connectivity index (χ0v) is 14.9. The van der Waals surface area contributed by atoms with Crippen LogP contribution in [-0.4, -0.2) is 38.9 Å². The highest BCUT2D eigenvalue weighted by molar-refractivity contribution is 5.86. The van der Waals surface area contributed by atoms with Crippen molar-refractivity contribution >= 4 is 11.8 Å². The maximum absolute atomic E-state index is 11.0. The number of carboxylic acids is 1. The van der Waals surface area contributed by atoms with Crippen LogP contribution in [0.2, 0.25) is 0 Å². The van der Waals surface area contributed by atoms with Crippen molar-refractivity contribution in [2.75, 3.05) is 18.0 Å². The Morgan fingerprint density at radius 3 is 2.73 bits per heavy atom. The molecule has 2 aliphatic rings. The molecule has 0 aromatic carbocycles. The van der Waals surface area contributed by atoms with E-state index in [0.717, 1.165) is 42.0 Å². The van der Waals surface area contributed by atoms with Crippen LogP contribution in [0.25, 0.3) is 0 Å². The second-order valence-electron chi connectivity index (χ2n) is 7.81. The van der Waals surface area contributed by atoms with Crippen molar-refractivity contribution in [1.82, 2.24) is 14.8 Å². The van der Waals surface area contributed by atoms with Crippen molar-refractivity contribution in [1.29, 1.82) is 5.26 Å². The first-order valence-electron chi connectivity index (χ1n) is 8.80. The van der Waals surface area contributed by atoms with Crippen molar-refractivity contribution in [3.05, 3.63) is 41.3 Å². The molecule has 3 heterocycles. The number of pyridine rings is 1. The Labute approximate surface area is 151 Å². The summed E-state index contributed by atoms with van der Waals surface area (Å²) in [4.78, 5) is 18.2. The molecule has 1 aliphatic heterocycles. The summed E-state index contributed by atoms with van der Waals surface area (Å²) >= 11 is 0. The van der Waals surface area contributed by atoms with Crippen molar-refractivity contribution in [2.45, 2.75) is 32.2 Å². The molecule has 0 spiro atoms. The smallest absolute Gasteiger partial charge is 0.338 e. The molecule has 2 aromatic rings. The fourth-order valence-corrected chi connectivity index (χ4v) is 3.70. The summed E-state index contributed by atoms with van der Waals surface area (Å²) in [5.41, 5.74) is 1.01. The summed E-state index contributed by atoms with van der Waals surface area (Å²) in [6, 6.07) is 6.33. The third-order valence-corrected chi connectivity index (χ3v) is 5.35. The van der Waals surface area contributed by atoms with E-state index in [2.05, 4.69) is 16.1 Å². The van der Waals surface area contributed by atoms with Gasteiger partial charge in [0.15, 0.2) is 0 Å². The zero-order chi connectivity index (χ0) is 18.5. The van der Waals surface area contributed by atoms with Crippen LogP contribution in [0, 0.1) is 23.2 Å². The number of aromatic nitrogens is 3. The summed E-state index contributed by atoms with van der Waals surface area (Å²) in [5, 5.41) is 22.8. The van der Waals surface area contributed by atoms with Crippen LogP contribution in [0.1, 0.15) is 41.9 Å². The molecule has 0 bridgehead atoms. The third kappa shape index (κ3) is 2.92. The molecular weight excluding hydrogens is 330 g/mol. The van der Waals surface area contributed by atoms with Gasteiger partial charge in [-0.2, -0.15) is 10.4 Å². The van der Waals surface area contributed by atoms with Gasteiger partial charge in [-0.25, -0.2) is 9.78 Å². The number of nitriles is 1. The first-order valence-corrected chi connectivity index (χ1v) is 8.80. The maximum atomic E-state index is 11.0. The molecule has 1 saturated heterocycles. The van der Waals surface area contributed by atoms with Gasteiger partial charge in [-0.05, 0) is 43.7 Å². The van der Waals surface area contributed by atoms with E-state index in [1.165, 1.54) is 18.8 Å². The molecule has 0 amide bonds. The van der Waals surface area contributed by atoms with Crippen LogP contribution >= 0.6 is 0 Å². The Hall–Kier alpha value is -2.88. The van der Waals surface area contributed by atoms with Gasteiger partial charge in [0.25, 0.3) is 0 Å². The standard InChI is InChI=1S/C19H21N5O2/c1-19(2,11-20)17-12(9-24-10-15(6-21-24)18(25)26)3-4-16(22-17)23-7-13-5-14(13)8-23/h3-4,6,10,13-14H,5,7-9H2,1-2H3,(H,25,26). The molecule has 134 valence electrons. The lowest BCUT2D eigenvalue weighted by Crippen LogP contribution is -2.26. The summed E-state index contributed by atoms with van der Waals surface area (Å²) in [5.74, 6) is 1.53. The SMILES string of the molecule is CC(C)(C#N)c1nc(N2CC3CC3C2)ccc1Cn1cc(C(=O)O)cn1. The predicted octanol–water partition coefficient (Wildman–Crippen LogP) is 2.28. The Kier molecular flexibility index (Phi) is 3.72. The molecule has 7 heteroatoms. The monoisotopic (exact) mass is 351 g/mol. The summed E-state index contributed by atoms with van der Waals surface area (Å²) < 4.78 is 1.57. The van der Waals surface area contributed by atoms with Gasteiger partial charge in [-0.3, -0.25) is 4.68 Å². The molecule has 26 heavy (non-hydrogen) atoms. The minimum Gasteiger partial charge on any atom is -0.478 e. The van der Waals surface area contributed by atoms with Crippen LogP contribution in [0.15, 0.2) is 24.5 Å². The van der Waals surface area contributed by atoms with Gasteiger partial charge in [0.05, 0.1) is 35.5 Å². The van der Waals surface area contributed by atoms with Gasteiger partial charge in [-0.15, -0.1) is 0 Å². The minimum absolute atomic E-state index is 0.145. The third-order valence-electron chi connectivity index (χ3n) is 5.35. The van der Waals surface area contributed by atoms with Gasteiger partial charge >= 0.3 is 5.97 Å². The highest BCUT2D eigenvalue weighted by Gasteiger charge is 2.45. The van der Waals surface area contributed by atoms with E-state index in [1.807, 2.05) is 26.0 Å². The van der Waals surface area contributed by atoms with Gasteiger partial charge < -0.3 is 10.0 Å². The number of piperidine rings is 1. The van der Waals surface area contributed by atoms with Gasteiger partial charge in [-0.1, -0.05) is 6.07 Å². The van der Waals surface area contributed by atoms with Crippen LogP contribution < -0.4 is 4.90 Å².